The first-order valence-electron chi connectivity index (χ1n) is 8.45. The van der Waals surface area contributed by atoms with Crippen molar-refractivity contribution in [1.29, 1.82) is 0 Å². The summed E-state index contributed by atoms with van der Waals surface area (Å²) >= 11 is 5.61. The van der Waals surface area contributed by atoms with Crippen molar-refractivity contribution in [3.63, 3.8) is 0 Å². The number of carbonyl (C=O) groups is 1. The first-order valence-corrected chi connectivity index (χ1v) is 8.83. The number of ether oxygens (including phenoxy) is 2. The standard InChI is InChI=1S/C18H19ClF3NO3/c19-14-6-4-12(11-13(14)18(20,21)22)5-7-16(24)23-8-2-1-3-15(23)17-25-9-10-26-17/h4-7,11,15,17H,1-3,8-10H2/b7-5+. The fraction of sp³-hybridized carbons (Fsp3) is 0.500. The molecule has 2 saturated heterocycles. The maximum absolute atomic E-state index is 12.9. The summed E-state index contributed by atoms with van der Waals surface area (Å²) < 4.78 is 49.8. The van der Waals surface area contributed by atoms with E-state index in [0.29, 0.717) is 19.8 Å². The molecule has 8 heteroatoms. The van der Waals surface area contributed by atoms with Crippen molar-refractivity contribution < 1.29 is 27.4 Å². The Morgan fingerprint density at radius 2 is 1.96 bits per heavy atom. The Kier molecular flexibility index (Phi) is 5.89. The van der Waals surface area contributed by atoms with E-state index in [2.05, 4.69) is 0 Å². The van der Waals surface area contributed by atoms with Gasteiger partial charge in [-0.1, -0.05) is 17.7 Å². The third-order valence-electron chi connectivity index (χ3n) is 4.51. The van der Waals surface area contributed by atoms with Gasteiger partial charge in [0.15, 0.2) is 6.29 Å². The van der Waals surface area contributed by atoms with Crippen LogP contribution in [0.15, 0.2) is 24.3 Å². The van der Waals surface area contributed by atoms with Gasteiger partial charge in [-0.05, 0) is 43.0 Å². The molecule has 0 radical (unpaired) electrons. The number of piperidine rings is 1. The van der Waals surface area contributed by atoms with Crippen molar-refractivity contribution in [2.45, 2.75) is 37.8 Å². The molecule has 4 nitrogen and oxygen atoms in total. The van der Waals surface area contributed by atoms with Gasteiger partial charge in [0.25, 0.3) is 0 Å². The van der Waals surface area contributed by atoms with E-state index in [-0.39, 0.29) is 22.5 Å². The van der Waals surface area contributed by atoms with Gasteiger partial charge in [0.2, 0.25) is 5.91 Å². The molecular weight excluding hydrogens is 371 g/mol. The van der Waals surface area contributed by atoms with E-state index in [1.807, 2.05) is 0 Å². The third kappa shape index (κ3) is 4.39. The average molecular weight is 390 g/mol. The van der Waals surface area contributed by atoms with Crippen LogP contribution in [0.4, 0.5) is 13.2 Å². The van der Waals surface area contributed by atoms with Gasteiger partial charge < -0.3 is 14.4 Å². The van der Waals surface area contributed by atoms with Crippen LogP contribution in [0.3, 0.4) is 0 Å². The molecule has 0 aromatic heterocycles. The molecule has 26 heavy (non-hydrogen) atoms. The summed E-state index contributed by atoms with van der Waals surface area (Å²) in [5.41, 5.74) is -0.658. The average Bonchev–Trinajstić information content (AvgIpc) is 3.14. The number of benzene rings is 1. The van der Waals surface area contributed by atoms with Gasteiger partial charge in [-0.25, -0.2) is 0 Å². The Hall–Kier alpha value is -1.57. The predicted octanol–water partition coefficient (Wildman–Crippen LogP) is 4.13. The summed E-state index contributed by atoms with van der Waals surface area (Å²) in [5.74, 6) is -0.266. The van der Waals surface area contributed by atoms with Crippen molar-refractivity contribution in [3.05, 3.63) is 40.4 Å². The lowest BCUT2D eigenvalue weighted by atomic mass is 10.0. The molecule has 1 amide bonds. The number of rotatable bonds is 3. The Bertz CT molecular complexity index is 687. The second-order valence-electron chi connectivity index (χ2n) is 6.28. The molecule has 0 spiro atoms. The molecule has 1 atom stereocenters. The van der Waals surface area contributed by atoms with E-state index < -0.39 is 18.0 Å². The van der Waals surface area contributed by atoms with Crippen molar-refractivity contribution in [3.8, 4) is 0 Å². The summed E-state index contributed by atoms with van der Waals surface area (Å²) in [5, 5.41) is -0.368. The molecule has 3 rings (SSSR count). The van der Waals surface area contributed by atoms with Crippen LogP contribution >= 0.6 is 11.6 Å². The van der Waals surface area contributed by atoms with Crippen molar-refractivity contribution in [2.24, 2.45) is 0 Å². The molecule has 1 aromatic rings. The molecule has 0 bridgehead atoms. The number of likely N-dealkylation sites (tertiary alicyclic amines) is 1. The van der Waals surface area contributed by atoms with E-state index in [9.17, 15) is 18.0 Å². The van der Waals surface area contributed by atoms with E-state index in [0.717, 1.165) is 25.3 Å². The highest BCUT2D eigenvalue weighted by Crippen LogP contribution is 2.35. The van der Waals surface area contributed by atoms with Crippen LogP contribution in [-0.4, -0.2) is 42.9 Å². The van der Waals surface area contributed by atoms with Crippen LogP contribution in [0.5, 0.6) is 0 Å². The zero-order valence-corrected chi connectivity index (χ0v) is 14.7. The molecular formula is C18H19ClF3NO3. The summed E-state index contributed by atoms with van der Waals surface area (Å²) in [4.78, 5) is 14.2. The smallest absolute Gasteiger partial charge is 0.348 e. The van der Waals surface area contributed by atoms with Crippen LogP contribution in [0, 0.1) is 0 Å². The van der Waals surface area contributed by atoms with Crippen molar-refractivity contribution in [1.82, 2.24) is 4.90 Å². The summed E-state index contributed by atoms with van der Waals surface area (Å²) in [7, 11) is 0. The van der Waals surface area contributed by atoms with Crippen molar-refractivity contribution in [2.75, 3.05) is 19.8 Å². The first kappa shape index (κ1) is 19.2. The molecule has 0 aliphatic carbocycles. The van der Waals surface area contributed by atoms with E-state index in [4.69, 9.17) is 21.1 Å². The first-order chi connectivity index (χ1) is 12.4. The lowest BCUT2D eigenvalue weighted by Gasteiger charge is -2.37. The fourth-order valence-electron chi connectivity index (χ4n) is 3.24. The second-order valence-corrected chi connectivity index (χ2v) is 6.68. The maximum Gasteiger partial charge on any atom is 0.417 e. The minimum Gasteiger partial charge on any atom is -0.348 e. The predicted molar refractivity (Wildman–Crippen MR) is 90.5 cm³/mol. The highest BCUT2D eigenvalue weighted by Gasteiger charge is 2.36. The van der Waals surface area contributed by atoms with Crippen LogP contribution in [0.1, 0.15) is 30.4 Å². The Balaban J connectivity index is 1.74. The second kappa shape index (κ2) is 7.98. The number of carbonyl (C=O) groups excluding carboxylic acids is 1. The van der Waals surface area contributed by atoms with E-state index >= 15 is 0 Å². The van der Waals surface area contributed by atoms with Gasteiger partial charge >= 0.3 is 6.18 Å². The number of hydrogen-bond donors (Lipinski definition) is 0. The number of amides is 1. The number of nitrogens with zero attached hydrogens (tertiary/aromatic N) is 1. The van der Waals surface area contributed by atoms with Gasteiger partial charge in [0, 0.05) is 12.6 Å². The zero-order chi connectivity index (χ0) is 18.7. The Morgan fingerprint density at radius 1 is 1.23 bits per heavy atom. The number of halogens is 4. The molecule has 142 valence electrons. The highest BCUT2D eigenvalue weighted by molar-refractivity contribution is 6.31. The molecule has 0 saturated carbocycles. The van der Waals surface area contributed by atoms with Gasteiger partial charge in [-0.15, -0.1) is 0 Å². The van der Waals surface area contributed by atoms with Gasteiger partial charge in [-0.3, -0.25) is 4.79 Å². The Labute approximate surface area is 154 Å². The zero-order valence-electron chi connectivity index (χ0n) is 14.0. The number of hydrogen-bond acceptors (Lipinski definition) is 3. The number of alkyl halides is 3. The van der Waals surface area contributed by atoms with Gasteiger partial charge in [-0.2, -0.15) is 13.2 Å². The summed E-state index contributed by atoms with van der Waals surface area (Å²) in [6, 6.07) is 3.39. The summed E-state index contributed by atoms with van der Waals surface area (Å²) in [6.07, 6.45) is 0.325. The normalized spacial score (nSPS) is 22.3. The quantitative estimate of drug-likeness (QED) is 0.730. The van der Waals surface area contributed by atoms with E-state index in [1.54, 1.807) is 4.90 Å². The molecule has 2 fully saturated rings. The largest absolute Gasteiger partial charge is 0.417 e. The van der Waals surface area contributed by atoms with E-state index in [1.165, 1.54) is 24.3 Å². The van der Waals surface area contributed by atoms with Crippen LogP contribution in [0.2, 0.25) is 5.02 Å². The molecule has 2 aliphatic rings. The van der Waals surface area contributed by atoms with Crippen LogP contribution < -0.4 is 0 Å². The SMILES string of the molecule is O=C(/C=C/c1ccc(Cl)c(C(F)(F)F)c1)N1CCCCC1C1OCCO1. The van der Waals surface area contributed by atoms with Crippen LogP contribution in [-0.2, 0) is 20.4 Å². The monoisotopic (exact) mass is 389 g/mol. The minimum atomic E-state index is -4.54. The molecule has 0 N–H and O–H groups in total. The maximum atomic E-state index is 12.9. The molecule has 1 aromatic carbocycles. The fourth-order valence-corrected chi connectivity index (χ4v) is 3.46. The molecule has 2 aliphatic heterocycles. The third-order valence-corrected chi connectivity index (χ3v) is 4.84. The Morgan fingerprint density at radius 3 is 2.65 bits per heavy atom. The van der Waals surface area contributed by atoms with Crippen LogP contribution in [0.25, 0.3) is 6.08 Å². The highest BCUT2D eigenvalue weighted by atomic mass is 35.5. The molecule has 2 heterocycles. The van der Waals surface area contributed by atoms with Gasteiger partial charge in [0.1, 0.15) is 0 Å². The lowest BCUT2D eigenvalue weighted by Crippen LogP contribution is -2.49. The summed E-state index contributed by atoms with van der Waals surface area (Å²) in [6.45, 7) is 1.58. The topological polar surface area (TPSA) is 38.8 Å². The minimum absolute atomic E-state index is 0.167. The van der Waals surface area contributed by atoms with Crippen molar-refractivity contribution >= 4 is 23.6 Å². The molecule has 1 unspecified atom stereocenters. The lowest BCUT2D eigenvalue weighted by molar-refractivity contribution is -0.145. The van der Waals surface area contributed by atoms with Gasteiger partial charge in [0.05, 0.1) is 29.8 Å².